The van der Waals surface area contributed by atoms with Crippen LogP contribution in [-0.4, -0.2) is 4.98 Å². The van der Waals surface area contributed by atoms with Gasteiger partial charge >= 0.3 is 0 Å². The van der Waals surface area contributed by atoms with Crippen molar-refractivity contribution in [1.29, 1.82) is 5.26 Å². The van der Waals surface area contributed by atoms with Gasteiger partial charge in [-0.3, -0.25) is 0 Å². The average molecular weight is 246 g/mol. The number of rotatable bonds is 2. The second-order valence-electron chi connectivity index (χ2n) is 4.54. The van der Waals surface area contributed by atoms with E-state index in [1.165, 1.54) is 5.56 Å². The van der Waals surface area contributed by atoms with Gasteiger partial charge < -0.3 is 4.98 Å². The van der Waals surface area contributed by atoms with Crippen LogP contribution >= 0.6 is 0 Å². The van der Waals surface area contributed by atoms with Crippen LogP contribution in [0.4, 0.5) is 0 Å². The standard InChI is InChI=1S/C17H14N2/c1-2-12-7-3-4-8-13(12)17-15(11-18)14-9-5-6-10-16(14)19-17/h3-10,19H,2H2,1H3. The molecule has 0 saturated carbocycles. The molecule has 2 aromatic carbocycles. The van der Waals surface area contributed by atoms with Crippen LogP contribution in [-0.2, 0) is 6.42 Å². The fraction of sp³-hybridized carbons (Fsp3) is 0.118. The summed E-state index contributed by atoms with van der Waals surface area (Å²) in [5.41, 5.74) is 5.06. The first-order chi connectivity index (χ1) is 9.35. The second kappa shape index (κ2) is 4.62. The molecule has 0 aliphatic rings. The number of aromatic amines is 1. The summed E-state index contributed by atoms with van der Waals surface area (Å²) < 4.78 is 0. The fourth-order valence-corrected chi connectivity index (χ4v) is 2.53. The third-order valence-corrected chi connectivity index (χ3v) is 3.49. The van der Waals surface area contributed by atoms with Crippen molar-refractivity contribution >= 4 is 10.9 Å². The Balaban J connectivity index is 2.34. The molecular weight excluding hydrogens is 232 g/mol. The Morgan fingerprint density at radius 2 is 1.79 bits per heavy atom. The Bertz CT molecular complexity index is 775. The normalized spacial score (nSPS) is 10.5. The Morgan fingerprint density at radius 1 is 1.05 bits per heavy atom. The minimum absolute atomic E-state index is 0.733. The third-order valence-electron chi connectivity index (χ3n) is 3.49. The molecule has 0 atom stereocenters. The van der Waals surface area contributed by atoms with Gasteiger partial charge in [0.1, 0.15) is 6.07 Å². The smallest absolute Gasteiger partial charge is 0.102 e. The van der Waals surface area contributed by atoms with Gasteiger partial charge in [-0.25, -0.2) is 0 Å². The fourth-order valence-electron chi connectivity index (χ4n) is 2.53. The topological polar surface area (TPSA) is 39.6 Å². The monoisotopic (exact) mass is 246 g/mol. The number of fused-ring (bicyclic) bond motifs is 1. The molecule has 0 aliphatic heterocycles. The number of benzene rings is 2. The summed E-state index contributed by atoms with van der Waals surface area (Å²) in [7, 11) is 0. The number of hydrogen-bond donors (Lipinski definition) is 1. The predicted octanol–water partition coefficient (Wildman–Crippen LogP) is 4.27. The summed E-state index contributed by atoms with van der Waals surface area (Å²) in [6.07, 6.45) is 0.955. The van der Waals surface area contributed by atoms with Gasteiger partial charge in [-0.15, -0.1) is 0 Å². The maximum atomic E-state index is 9.46. The van der Waals surface area contributed by atoms with E-state index in [1.807, 2.05) is 36.4 Å². The van der Waals surface area contributed by atoms with Crippen LogP contribution in [0.3, 0.4) is 0 Å². The van der Waals surface area contributed by atoms with E-state index in [-0.39, 0.29) is 0 Å². The van der Waals surface area contributed by atoms with Gasteiger partial charge in [0, 0.05) is 16.5 Å². The van der Waals surface area contributed by atoms with E-state index in [0.29, 0.717) is 0 Å². The van der Waals surface area contributed by atoms with Crippen LogP contribution < -0.4 is 0 Å². The lowest BCUT2D eigenvalue weighted by molar-refractivity contribution is 1.14. The largest absolute Gasteiger partial charge is 0.353 e. The van der Waals surface area contributed by atoms with Crippen molar-refractivity contribution in [2.45, 2.75) is 13.3 Å². The number of H-pyrrole nitrogens is 1. The molecule has 0 bridgehead atoms. The molecule has 2 nitrogen and oxygen atoms in total. The van der Waals surface area contributed by atoms with Crippen LogP contribution in [0, 0.1) is 11.3 Å². The zero-order valence-electron chi connectivity index (χ0n) is 10.8. The van der Waals surface area contributed by atoms with Crippen molar-refractivity contribution in [2.24, 2.45) is 0 Å². The van der Waals surface area contributed by atoms with Crippen molar-refractivity contribution in [2.75, 3.05) is 0 Å². The van der Waals surface area contributed by atoms with Gasteiger partial charge in [-0.1, -0.05) is 49.4 Å². The SMILES string of the molecule is CCc1ccccc1-c1[nH]c2ccccc2c1C#N. The molecule has 0 fully saturated rings. The van der Waals surface area contributed by atoms with Crippen LogP contribution in [0.5, 0.6) is 0 Å². The van der Waals surface area contributed by atoms with Crippen LogP contribution in [0.2, 0.25) is 0 Å². The van der Waals surface area contributed by atoms with Crippen molar-refractivity contribution in [3.05, 3.63) is 59.7 Å². The molecule has 2 heteroatoms. The second-order valence-corrected chi connectivity index (χ2v) is 4.54. The zero-order valence-corrected chi connectivity index (χ0v) is 10.8. The molecule has 0 amide bonds. The summed E-state index contributed by atoms with van der Waals surface area (Å²) in [6.45, 7) is 2.13. The molecule has 1 aromatic heterocycles. The summed E-state index contributed by atoms with van der Waals surface area (Å²) in [6, 6.07) is 18.5. The number of hydrogen-bond acceptors (Lipinski definition) is 1. The quantitative estimate of drug-likeness (QED) is 0.720. The number of aryl methyl sites for hydroxylation is 1. The number of para-hydroxylation sites is 1. The molecule has 1 N–H and O–H groups in total. The van der Waals surface area contributed by atoms with Gasteiger partial charge in [0.15, 0.2) is 0 Å². The van der Waals surface area contributed by atoms with Crippen molar-refractivity contribution in [3.63, 3.8) is 0 Å². The highest BCUT2D eigenvalue weighted by Crippen LogP contribution is 2.31. The average Bonchev–Trinajstić information content (AvgIpc) is 2.85. The first-order valence-electron chi connectivity index (χ1n) is 6.44. The molecule has 0 unspecified atom stereocenters. The summed E-state index contributed by atoms with van der Waals surface area (Å²) in [5.74, 6) is 0. The molecule has 0 spiro atoms. The molecule has 0 aliphatic carbocycles. The molecule has 0 saturated heterocycles. The summed E-state index contributed by atoms with van der Waals surface area (Å²) in [4.78, 5) is 3.38. The minimum atomic E-state index is 0.733. The highest BCUT2D eigenvalue weighted by Gasteiger charge is 2.14. The Labute approximate surface area is 112 Å². The van der Waals surface area contributed by atoms with Crippen LogP contribution in [0.15, 0.2) is 48.5 Å². The summed E-state index contributed by atoms with van der Waals surface area (Å²) in [5, 5.41) is 10.5. The van der Waals surface area contributed by atoms with E-state index in [0.717, 1.165) is 34.1 Å². The molecule has 3 aromatic rings. The number of nitrogens with zero attached hydrogens (tertiary/aromatic N) is 1. The lowest BCUT2D eigenvalue weighted by Crippen LogP contribution is -1.89. The third kappa shape index (κ3) is 1.80. The van der Waals surface area contributed by atoms with Crippen molar-refractivity contribution in [3.8, 4) is 17.3 Å². The van der Waals surface area contributed by atoms with E-state index in [1.54, 1.807) is 0 Å². The maximum Gasteiger partial charge on any atom is 0.102 e. The zero-order chi connectivity index (χ0) is 13.2. The van der Waals surface area contributed by atoms with E-state index < -0.39 is 0 Å². The maximum absolute atomic E-state index is 9.46. The van der Waals surface area contributed by atoms with Gasteiger partial charge in [-0.2, -0.15) is 5.26 Å². The Kier molecular flexibility index (Phi) is 2.81. The summed E-state index contributed by atoms with van der Waals surface area (Å²) >= 11 is 0. The van der Waals surface area contributed by atoms with Gasteiger partial charge in [0.25, 0.3) is 0 Å². The van der Waals surface area contributed by atoms with Crippen LogP contribution in [0.1, 0.15) is 18.1 Å². The predicted molar refractivity (Wildman–Crippen MR) is 77.8 cm³/mol. The molecular formula is C17H14N2. The molecule has 0 radical (unpaired) electrons. The Morgan fingerprint density at radius 3 is 2.58 bits per heavy atom. The Hall–Kier alpha value is -2.53. The van der Waals surface area contributed by atoms with Gasteiger partial charge in [-0.05, 0) is 18.1 Å². The number of aromatic nitrogens is 1. The lowest BCUT2D eigenvalue weighted by Gasteiger charge is -2.06. The first-order valence-corrected chi connectivity index (χ1v) is 6.44. The molecule has 92 valence electrons. The van der Waals surface area contributed by atoms with E-state index in [9.17, 15) is 5.26 Å². The van der Waals surface area contributed by atoms with Crippen molar-refractivity contribution in [1.82, 2.24) is 4.98 Å². The molecule has 19 heavy (non-hydrogen) atoms. The minimum Gasteiger partial charge on any atom is -0.353 e. The van der Waals surface area contributed by atoms with E-state index >= 15 is 0 Å². The first kappa shape index (κ1) is 11.6. The van der Waals surface area contributed by atoms with Crippen molar-refractivity contribution < 1.29 is 0 Å². The van der Waals surface area contributed by atoms with Crippen LogP contribution in [0.25, 0.3) is 22.2 Å². The number of nitrogens with one attached hydrogen (secondary N) is 1. The highest BCUT2D eigenvalue weighted by atomic mass is 14.7. The van der Waals surface area contributed by atoms with E-state index in [2.05, 4.69) is 30.1 Å². The molecule has 3 rings (SSSR count). The molecule has 1 heterocycles. The van der Waals surface area contributed by atoms with Gasteiger partial charge in [0.05, 0.1) is 11.3 Å². The lowest BCUT2D eigenvalue weighted by atomic mass is 9.99. The van der Waals surface area contributed by atoms with Gasteiger partial charge in [0.2, 0.25) is 0 Å². The number of nitriles is 1. The van der Waals surface area contributed by atoms with E-state index in [4.69, 9.17) is 0 Å². The highest BCUT2D eigenvalue weighted by molar-refractivity contribution is 5.93.